The third kappa shape index (κ3) is 4.76. The lowest BCUT2D eigenvalue weighted by Crippen LogP contribution is -2.19. The fourth-order valence-corrected chi connectivity index (χ4v) is 2.01. The Bertz CT molecular complexity index is 544. The largest absolute Gasteiger partial charge is 0.508 e. The van der Waals surface area contributed by atoms with Crippen LogP contribution >= 0.6 is 0 Å². The molecule has 0 aliphatic carbocycles. The maximum atomic E-state index is 11.6. The minimum atomic E-state index is -4.89. The number of hydrogen-bond acceptors (Lipinski definition) is 6. The van der Waals surface area contributed by atoms with E-state index in [4.69, 9.17) is 4.55 Å². The second-order valence-electron chi connectivity index (χ2n) is 3.95. The van der Waals surface area contributed by atoms with Crippen molar-refractivity contribution < 1.29 is 32.2 Å². The van der Waals surface area contributed by atoms with Crippen LogP contribution in [0.2, 0.25) is 0 Å². The molecule has 0 saturated carbocycles. The lowest BCUT2D eigenvalue weighted by molar-refractivity contribution is -0.136. The first-order valence-electron chi connectivity index (χ1n) is 5.46. The van der Waals surface area contributed by atoms with Gasteiger partial charge in [0.2, 0.25) is 0 Å². The molecule has 7 nitrogen and oxygen atoms in total. The van der Waals surface area contributed by atoms with E-state index in [-0.39, 0.29) is 23.5 Å². The van der Waals surface area contributed by atoms with Gasteiger partial charge in [-0.2, -0.15) is 8.42 Å². The predicted octanol–water partition coefficient (Wildman–Crippen LogP) is 1.33. The Morgan fingerprint density at radius 1 is 1.26 bits per heavy atom. The van der Waals surface area contributed by atoms with E-state index in [2.05, 4.69) is 4.18 Å². The first-order chi connectivity index (χ1) is 8.73. The summed E-state index contributed by atoms with van der Waals surface area (Å²) >= 11 is 0. The molecular formula is C11H14O7S. The van der Waals surface area contributed by atoms with Gasteiger partial charge in [-0.15, -0.1) is 0 Å². The van der Waals surface area contributed by atoms with Crippen LogP contribution in [0.3, 0.4) is 0 Å². The predicted molar refractivity (Wildman–Crippen MR) is 65.1 cm³/mol. The van der Waals surface area contributed by atoms with Crippen molar-refractivity contribution in [2.45, 2.75) is 25.7 Å². The zero-order valence-corrected chi connectivity index (χ0v) is 10.9. The van der Waals surface area contributed by atoms with Crippen molar-refractivity contribution in [3.05, 3.63) is 23.8 Å². The SMILES string of the molecule is CCCC(C(=O)OS(=O)(=O)O)c1cc(O)cc(O)c1. The van der Waals surface area contributed by atoms with Gasteiger partial charge in [0.05, 0.1) is 5.92 Å². The van der Waals surface area contributed by atoms with Gasteiger partial charge in [-0.1, -0.05) is 13.3 Å². The summed E-state index contributed by atoms with van der Waals surface area (Å²) in [4.78, 5) is 11.6. The molecule has 19 heavy (non-hydrogen) atoms. The molecule has 1 rings (SSSR count). The van der Waals surface area contributed by atoms with Crippen molar-refractivity contribution in [1.82, 2.24) is 0 Å². The van der Waals surface area contributed by atoms with E-state index in [1.54, 1.807) is 6.92 Å². The summed E-state index contributed by atoms with van der Waals surface area (Å²) in [6.07, 6.45) is 0.763. The second kappa shape index (κ2) is 5.89. The number of carbonyl (C=O) groups excluding carboxylic acids is 1. The summed E-state index contributed by atoms with van der Waals surface area (Å²) < 4.78 is 33.5. The highest BCUT2D eigenvalue weighted by Crippen LogP contribution is 2.30. The van der Waals surface area contributed by atoms with E-state index >= 15 is 0 Å². The molecule has 1 aromatic rings. The van der Waals surface area contributed by atoms with Crippen LogP contribution in [0.25, 0.3) is 0 Å². The van der Waals surface area contributed by atoms with Crippen molar-refractivity contribution in [1.29, 1.82) is 0 Å². The number of phenols is 2. The van der Waals surface area contributed by atoms with E-state index in [1.165, 1.54) is 12.1 Å². The second-order valence-corrected chi connectivity index (χ2v) is 4.98. The Labute approximate surface area is 110 Å². The van der Waals surface area contributed by atoms with Gasteiger partial charge in [0.25, 0.3) is 0 Å². The molecule has 0 spiro atoms. The Balaban J connectivity index is 3.09. The summed E-state index contributed by atoms with van der Waals surface area (Å²) in [6.45, 7) is 1.76. The van der Waals surface area contributed by atoms with E-state index in [1.807, 2.05) is 0 Å². The number of phenolic OH excluding ortho intramolecular Hbond substituents is 2. The van der Waals surface area contributed by atoms with E-state index in [0.29, 0.717) is 6.42 Å². The van der Waals surface area contributed by atoms with Crippen molar-refractivity contribution >= 4 is 16.4 Å². The number of carbonyl (C=O) groups is 1. The summed E-state index contributed by atoms with van der Waals surface area (Å²) in [6, 6.07) is 3.50. The molecule has 0 amide bonds. The molecule has 1 unspecified atom stereocenters. The van der Waals surface area contributed by atoms with Crippen LogP contribution in [0.1, 0.15) is 31.2 Å². The Morgan fingerprint density at radius 2 is 1.79 bits per heavy atom. The van der Waals surface area contributed by atoms with Gasteiger partial charge in [-0.3, -0.25) is 9.35 Å². The fourth-order valence-electron chi connectivity index (χ4n) is 1.69. The average Bonchev–Trinajstić information content (AvgIpc) is 2.21. The first-order valence-corrected chi connectivity index (χ1v) is 6.83. The van der Waals surface area contributed by atoms with Gasteiger partial charge in [0.1, 0.15) is 11.5 Å². The van der Waals surface area contributed by atoms with Gasteiger partial charge in [-0.25, -0.2) is 0 Å². The van der Waals surface area contributed by atoms with Crippen LogP contribution in [0, 0.1) is 0 Å². The van der Waals surface area contributed by atoms with Crippen molar-refractivity contribution in [3.63, 3.8) is 0 Å². The molecule has 0 aliphatic heterocycles. The molecule has 0 aromatic heterocycles. The van der Waals surface area contributed by atoms with Crippen LogP contribution in [0.4, 0.5) is 0 Å². The average molecular weight is 290 g/mol. The highest BCUT2D eigenvalue weighted by Gasteiger charge is 2.26. The zero-order chi connectivity index (χ0) is 14.6. The molecule has 0 fully saturated rings. The fraction of sp³-hybridized carbons (Fsp3) is 0.364. The van der Waals surface area contributed by atoms with Crippen LogP contribution < -0.4 is 0 Å². The highest BCUT2D eigenvalue weighted by molar-refractivity contribution is 7.81. The molecule has 0 heterocycles. The van der Waals surface area contributed by atoms with Crippen LogP contribution in [0.5, 0.6) is 11.5 Å². The van der Waals surface area contributed by atoms with E-state index < -0.39 is 22.3 Å². The third-order valence-electron chi connectivity index (χ3n) is 2.38. The summed E-state index contributed by atoms with van der Waals surface area (Å²) in [5.74, 6) is -2.72. The summed E-state index contributed by atoms with van der Waals surface area (Å²) in [7, 11) is -4.89. The Hall–Kier alpha value is -1.80. The third-order valence-corrected chi connectivity index (χ3v) is 2.75. The quantitative estimate of drug-likeness (QED) is 0.699. The molecule has 1 atom stereocenters. The molecule has 0 aliphatic rings. The lowest BCUT2D eigenvalue weighted by Gasteiger charge is -2.14. The summed E-state index contributed by atoms with van der Waals surface area (Å²) in [5.41, 5.74) is 0.202. The van der Waals surface area contributed by atoms with Gasteiger partial charge in [0, 0.05) is 6.07 Å². The number of rotatable bonds is 5. The molecule has 3 N–H and O–H groups in total. The molecule has 1 aromatic carbocycles. The van der Waals surface area contributed by atoms with Crippen molar-refractivity contribution in [2.24, 2.45) is 0 Å². The van der Waals surface area contributed by atoms with Gasteiger partial charge >= 0.3 is 16.4 Å². The van der Waals surface area contributed by atoms with Crippen LogP contribution in [0.15, 0.2) is 18.2 Å². The summed E-state index contributed by atoms with van der Waals surface area (Å²) in [5, 5.41) is 18.7. The molecule has 8 heteroatoms. The minimum absolute atomic E-state index is 0.202. The lowest BCUT2D eigenvalue weighted by atomic mass is 9.94. The maximum Gasteiger partial charge on any atom is 0.448 e. The van der Waals surface area contributed by atoms with Gasteiger partial charge in [-0.05, 0) is 24.1 Å². The molecule has 0 radical (unpaired) electrons. The maximum absolute atomic E-state index is 11.6. The van der Waals surface area contributed by atoms with Gasteiger partial charge < -0.3 is 14.4 Å². The Kier molecular flexibility index (Phi) is 4.73. The molecular weight excluding hydrogens is 276 g/mol. The number of aromatic hydroxyl groups is 2. The smallest absolute Gasteiger partial charge is 0.448 e. The monoisotopic (exact) mass is 290 g/mol. The minimum Gasteiger partial charge on any atom is -0.508 e. The van der Waals surface area contributed by atoms with Gasteiger partial charge in [0.15, 0.2) is 0 Å². The normalized spacial score (nSPS) is 12.9. The van der Waals surface area contributed by atoms with Crippen molar-refractivity contribution in [3.8, 4) is 11.5 Å². The zero-order valence-electron chi connectivity index (χ0n) is 10.1. The topological polar surface area (TPSA) is 121 Å². The molecule has 0 saturated heterocycles. The Morgan fingerprint density at radius 3 is 2.21 bits per heavy atom. The standard InChI is InChI=1S/C11H14O7S/c1-2-3-10(11(14)18-19(15,16)17)7-4-8(12)6-9(13)5-7/h4-6,10,12-13H,2-3H2,1H3,(H,15,16,17). The van der Waals surface area contributed by atoms with Crippen LogP contribution in [-0.2, 0) is 19.4 Å². The first kappa shape index (κ1) is 15.3. The highest BCUT2D eigenvalue weighted by atomic mass is 32.3. The van der Waals surface area contributed by atoms with Crippen LogP contribution in [-0.4, -0.2) is 29.2 Å². The van der Waals surface area contributed by atoms with E-state index in [9.17, 15) is 23.4 Å². The molecule has 106 valence electrons. The number of benzene rings is 1. The van der Waals surface area contributed by atoms with Crippen molar-refractivity contribution in [2.75, 3.05) is 0 Å². The number of hydrogen-bond donors (Lipinski definition) is 3. The van der Waals surface area contributed by atoms with E-state index in [0.717, 1.165) is 6.07 Å². The molecule has 0 bridgehead atoms.